The van der Waals surface area contributed by atoms with E-state index >= 15 is 0 Å². The van der Waals surface area contributed by atoms with Crippen LogP contribution in [0.1, 0.15) is 60.3 Å². The van der Waals surface area contributed by atoms with Crippen LogP contribution < -0.4 is 5.32 Å². The first-order chi connectivity index (χ1) is 8.37. The molecule has 0 heterocycles. The van der Waals surface area contributed by atoms with Crippen LogP contribution in [0.2, 0.25) is 0 Å². The van der Waals surface area contributed by atoms with Crippen molar-refractivity contribution in [3.05, 3.63) is 0 Å². The number of nitrogens with zero attached hydrogens (tertiary/aromatic N) is 1. The monoisotopic (exact) mass is 252 g/mol. The molecule has 2 saturated carbocycles. The molecule has 0 radical (unpaired) electrons. The first kappa shape index (κ1) is 14.3. The molecule has 18 heavy (non-hydrogen) atoms. The predicted octanol–water partition coefficient (Wildman–Crippen LogP) is 3.27. The third-order valence-electron chi connectivity index (χ3n) is 4.53. The second kappa shape index (κ2) is 5.50. The maximum atomic E-state index is 3.69. The topological polar surface area (TPSA) is 15.3 Å². The van der Waals surface area contributed by atoms with E-state index in [4.69, 9.17) is 0 Å². The summed E-state index contributed by atoms with van der Waals surface area (Å²) in [5, 5.41) is 3.69. The molecular weight excluding hydrogens is 220 g/mol. The Morgan fingerprint density at radius 2 is 1.78 bits per heavy atom. The van der Waals surface area contributed by atoms with E-state index in [-0.39, 0.29) is 5.54 Å². The second-order valence-electron chi connectivity index (χ2n) is 7.77. The van der Waals surface area contributed by atoms with Gasteiger partial charge in [0.1, 0.15) is 0 Å². The SMILES string of the molecule is CC(C)N(CC1CC1)C1CCC1CNC(C)(C)C. The van der Waals surface area contributed by atoms with Crippen molar-refractivity contribution in [3.8, 4) is 0 Å². The van der Waals surface area contributed by atoms with Crippen LogP contribution in [0.4, 0.5) is 0 Å². The van der Waals surface area contributed by atoms with Gasteiger partial charge in [-0.25, -0.2) is 0 Å². The standard InChI is InChI=1S/C16H32N2/c1-12(2)18(11-13-6-7-13)15-9-8-14(15)10-17-16(3,4)5/h12-15,17H,6-11H2,1-5H3. The van der Waals surface area contributed by atoms with Crippen LogP contribution in [0.3, 0.4) is 0 Å². The molecule has 2 unspecified atom stereocenters. The maximum absolute atomic E-state index is 3.69. The Labute approximate surface area is 114 Å². The Hall–Kier alpha value is -0.0800. The molecule has 2 aliphatic rings. The van der Waals surface area contributed by atoms with Gasteiger partial charge in [-0.3, -0.25) is 4.90 Å². The summed E-state index contributed by atoms with van der Waals surface area (Å²) < 4.78 is 0. The first-order valence-corrected chi connectivity index (χ1v) is 7.87. The van der Waals surface area contributed by atoms with E-state index in [2.05, 4.69) is 44.8 Å². The summed E-state index contributed by atoms with van der Waals surface area (Å²) in [7, 11) is 0. The van der Waals surface area contributed by atoms with Gasteiger partial charge in [-0.2, -0.15) is 0 Å². The van der Waals surface area contributed by atoms with Crippen molar-refractivity contribution >= 4 is 0 Å². The molecule has 2 rings (SSSR count). The van der Waals surface area contributed by atoms with E-state index in [9.17, 15) is 0 Å². The van der Waals surface area contributed by atoms with E-state index in [0.29, 0.717) is 6.04 Å². The van der Waals surface area contributed by atoms with E-state index in [1.807, 2.05) is 0 Å². The van der Waals surface area contributed by atoms with Gasteiger partial charge in [0.15, 0.2) is 0 Å². The molecule has 2 aliphatic carbocycles. The van der Waals surface area contributed by atoms with Crippen LogP contribution in [0.25, 0.3) is 0 Å². The summed E-state index contributed by atoms with van der Waals surface area (Å²) in [5.74, 6) is 1.90. The maximum Gasteiger partial charge on any atom is 0.0139 e. The Morgan fingerprint density at radius 1 is 1.11 bits per heavy atom. The summed E-state index contributed by atoms with van der Waals surface area (Å²) in [4.78, 5) is 2.79. The third-order valence-corrected chi connectivity index (χ3v) is 4.53. The molecule has 106 valence electrons. The normalized spacial score (nSPS) is 28.8. The minimum Gasteiger partial charge on any atom is -0.312 e. The molecule has 0 saturated heterocycles. The highest BCUT2D eigenvalue weighted by molar-refractivity contribution is 4.94. The van der Waals surface area contributed by atoms with Gasteiger partial charge in [0.05, 0.1) is 0 Å². The molecule has 2 heteroatoms. The highest BCUT2D eigenvalue weighted by Crippen LogP contribution is 2.37. The van der Waals surface area contributed by atoms with Crippen molar-refractivity contribution in [1.82, 2.24) is 10.2 Å². The summed E-state index contributed by atoms with van der Waals surface area (Å²) in [6.07, 6.45) is 5.78. The van der Waals surface area contributed by atoms with Gasteiger partial charge in [-0.05, 0) is 78.7 Å². The smallest absolute Gasteiger partial charge is 0.0139 e. The van der Waals surface area contributed by atoms with Crippen molar-refractivity contribution in [1.29, 1.82) is 0 Å². The number of rotatable bonds is 6. The zero-order chi connectivity index (χ0) is 13.3. The van der Waals surface area contributed by atoms with Gasteiger partial charge >= 0.3 is 0 Å². The predicted molar refractivity (Wildman–Crippen MR) is 78.8 cm³/mol. The third kappa shape index (κ3) is 3.96. The summed E-state index contributed by atoms with van der Waals surface area (Å²) in [5.41, 5.74) is 0.263. The van der Waals surface area contributed by atoms with Crippen LogP contribution in [-0.2, 0) is 0 Å². The van der Waals surface area contributed by atoms with E-state index < -0.39 is 0 Å². The molecule has 0 aromatic heterocycles. The molecule has 0 bridgehead atoms. The highest BCUT2D eigenvalue weighted by atomic mass is 15.2. The Balaban J connectivity index is 1.82. The van der Waals surface area contributed by atoms with Gasteiger partial charge in [0, 0.05) is 24.2 Å². The number of hydrogen-bond acceptors (Lipinski definition) is 2. The number of hydrogen-bond donors (Lipinski definition) is 1. The first-order valence-electron chi connectivity index (χ1n) is 7.87. The minimum atomic E-state index is 0.263. The average Bonchev–Trinajstić information content (AvgIpc) is 2.96. The lowest BCUT2D eigenvalue weighted by molar-refractivity contribution is 0.0314. The van der Waals surface area contributed by atoms with Crippen LogP contribution in [0, 0.1) is 11.8 Å². The molecule has 0 aliphatic heterocycles. The lowest BCUT2D eigenvalue weighted by atomic mass is 9.77. The Bertz CT molecular complexity index is 263. The highest BCUT2D eigenvalue weighted by Gasteiger charge is 2.38. The van der Waals surface area contributed by atoms with Crippen molar-refractivity contribution in [2.45, 2.75) is 77.9 Å². The summed E-state index contributed by atoms with van der Waals surface area (Å²) in [6.45, 7) is 14.1. The van der Waals surface area contributed by atoms with Crippen molar-refractivity contribution in [2.75, 3.05) is 13.1 Å². The fourth-order valence-electron chi connectivity index (χ4n) is 2.99. The van der Waals surface area contributed by atoms with Crippen LogP contribution in [0.5, 0.6) is 0 Å². The minimum absolute atomic E-state index is 0.263. The zero-order valence-electron chi connectivity index (χ0n) is 13.0. The van der Waals surface area contributed by atoms with Gasteiger partial charge in [0.25, 0.3) is 0 Å². The Morgan fingerprint density at radius 3 is 2.17 bits per heavy atom. The van der Waals surface area contributed by atoms with E-state index in [1.54, 1.807) is 0 Å². The molecular formula is C16H32N2. The summed E-state index contributed by atoms with van der Waals surface area (Å²) in [6, 6.07) is 1.56. The van der Waals surface area contributed by atoms with Crippen molar-refractivity contribution in [2.24, 2.45) is 11.8 Å². The lowest BCUT2D eigenvalue weighted by Crippen LogP contribution is -2.55. The van der Waals surface area contributed by atoms with Gasteiger partial charge in [-0.15, -0.1) is 0 Å². The molecule has 2 nitrogen and oxygen atoms in total. The Kier molecular flexibility index (Phi) is 4.38. The molecule has 2 atom stereocenters. The lowest BCUT2D eigenvalue weighted by Gasteiger charge is -2.47. The van der Waals surface area contributed by atoms with Gasteiger partial charge in [-0.1, -0.05) is 0 Å². The quantitative estimate of drug-likeness (QED) is 0.780. The molecule has 2 fully saturated rings. The fourth-order valence-corrected chi connectivity index (χ4v) is 2.99. The molecule has 0 aromatic rings. The summed E-state index contributed by atoms with van der Waals surface area (Å²) >= 11 is 0. The van der Waals surface area contributed by atoms with Crippen LogP contribution in [-0.4, -0.2) is 35.6 Å². The van der Waals surface area contributed by atoms with Crippen molar-refractivity contribution in [3.63, 3.8) is 0 Å². The number of nitrogens with one attached hydrogen (secondary N) is 1. The van der Waals surface area contributed by atoms with Crippen LogP contribution >= 0.6 is 0 Å². The second-order valence-corrected chi connectivity index (χ2v) is 7.77. The van der Waals surface area contributed by atoms with Crippen molar-refractivity contribution < 1.29 is 0 Å². The molecule has 1 N–H and O–H groups in total. The zero-order valence-corrected chi connectivity index (χ0v) is 13.0. The average molecular weight is 252 g/mol. The molecule has 0 aromatic carbocycles. The van der Waals surface area contributed by atoms with Gasteiger partial charge in [0.2, 0.25) is 0 Å². The van der Waals surface area contributed by atoms with Crippen LogP contribution in [0.15, 0.2) is 0 Å². The molecule has 0 spiro atoms. The van der Waals surface area contributed by atoms with E-state index in [1.165, 1.54) is 38.8 Å². The van der Waals surface area contributed by atoms with Gasteiger partial charge < -0.3 is 5.32 Å². The fraction of sp³-hybridized carbons (Fsp3) is 1.00. The molecule has 0 amide bonds. The van der Waals surface area contributed by atoms with E-state index in [0.717, 1.165) is 17.9 Å². The largest absolute Gasteiger partial charge is 0.312 e.